The average Bonchev–Trinajstić information content (AvgIpc) is 2.70. The van der Waals surface area contributed by atoms with Gasteiger partial charge in [0.05, 0.1) is 5.56 Å². The zero-order valence-electron chi connectivity index (χ0n) is 7.73. The highest BCUT2D eigenvalue weighted by Crippen LogP contribution is 2.32. The minimum atomic E-state index is -4.41. The van der Waals surface area contributed by atoms with E-state index >= 15 is 0 Å². The first-order chi connectivity index (χ1) is 7.55. The van der Waals surface area contributed by atoms with Crippen LogP contribution in [0.3, 0.4) is 0 Å². The highest BCUT2D eigenvalue weighted by atomic mass is 19.4. The zero-order valence-corrected chi connectivity index (χ0v) is 7.73. The first-order valence-corrected chi connectivity index (χ1v) is 4.17. The van der Waals surface area contributed by atoms with E-state index in [9.17, 15) is 13.2 Å². The summed E-state index contributed by atoms with van der Waals surface area (Å²) < 4.78 is 46.4. The van der Waals surface area contributed by atoms with Gasteiger partial charge in [-0.1, -0.05) is 11.2 Å². The van der Waals surface area contributed by atoms with E-state index in [1.54, 1.807) is 0 Å². The van der Waals surface area contributed by atoms with E-state index in [-0.39, 0.29) is 11.8 Å². The molecule has 0 aliphatic rings. The van der Waals surface area contributed by atoms with Gasteiger partial charge in [-0.2, -0.15) is 18.2 Å². The van der Waals surface area contributed by atoms with Crippen molar-refractivity contribution in [3.63, 3.8) is 0 Å². The lowest BCUT2D eigenvalue weighted by Crippen LogP contribution is -2.04. The van der Waals surface area contributed by atoms with Gasteiger partial charge in [0.15, 0.2) is 6.33 Å². The van der Waals surface area contributed by atoms with E-state index in [2.05, 4.69) is 14.7 Å². The summed E-state index contributed by atoms with van der Waals surface area (Å²) in [4.78, 5) is 3.52. The largest absolute Gasteiger partial charge is 0.422 e. The molecule has 1 heterocycles. The Balaban J connectivity index is 2.23. The monoisotopic (exact) mass is 230 g/mol. The number of nitrogens with zero attached hydrogens (tertiary/aromatic N) is 2. The Morgan fingerprint density at radius 1 is 1.25 bits per heavy atom. The van der Waals surface area contributed by atoms with E-state index in [1.807, 2.05) is 0 Å². The number of aromatic nitrogens is 2. The van der Waals surface area contributed by atoms with Crippen molar-refractivity contribution >= 4 is 0 Å². The Labute approximate surface area is 87.6 Å². The summed E-state index contributed by atoms with van der Waals surface area (Å²) in [6.07, 6.45) is -3.53. The van der Waals surface area contributed by atoms with Gasteiger partial charge in [0.2, 0.25) is 0 Å². The number of rotatable bonds is 2. The van der Waals surface area contributed by atoms with Crippen LogP contribution in [0.4, 0.5) is 13.2 Å². The molecule has 1 aromatic carbocycles. The Hall–Kier alpha value is -2.05. The third-order valence-corrected chi connectivity index (χ3v) is 1.71. The fourth-order valence-corrected chi connectivity index (χ4v) is 1.04. The minimum Gasteiger partial charge on any atom is -0.410 e. The van der Waals surface area contributed by atoms with Crippen LogP contribution in [0, 0.1) is 0 Å². The SMILES string of the molecule is FC(F)(F)c1cccc(Oc2ncno2)c1. The topological polar surface area (TPSA) is 48.2 Å². The van der Waals surface area contributed by atoms with Crippen LogP contribution in [-0.4, -0.2) is 10.1 Å². The second kappa shape index (κ2) is 3.84. The van der Waals surface area contributed by atoms with Crippen LogP contribution in [-0.2, 0) is 6.18 Å². The van der Waals surface area contributed by atoms with E-state index in [1.165, 1.54) is 12.1 Å². The third kappa shape index (κ3) is 2.30. The molecule has 0 radical (unpaired) electrons. The number of hydrogen-bond donors (Lipinski definition) is 0. The van der Waals surface area contributed by atoms with Crippen molar-refractivity contribution in [2.24, 2.45) is 0 Å². The second-order valence-corrected chi connectivity index (χ2v) is 2.83. The number of benzene rings is 1. The molecule has 0 saturated heterocycles. The summed E-state index contributed by atoms with van der Waals surface area (Å²) >= 11 is 0. The number of halogens is 3. The van der Waals surface area contributed by atoms with Crippen molar-refractivity contribution < 1.29 is 22.4 Å². The van der Waals surface area contributed by atoms with Crippen LogP contribution in [0.5, 0.6) is 11.8 Å². The van der Waals surface area contributed by atoms with Gasteiger partial charge in [0, 0.05) is 0 Å². The quantitative estimate of drug-likeness (QED) is 0.795. The molecular weight excluding hydrogens is 225 g/mol. The lowest BCUT2D eigenvalue weighted by atomic mass is 10.2. The molecule has 0 unspecified atom stereocenters. The zero-order chi connectivity index (χ0) is 11.6. The van der Waals surface area contributed by atoms with Crippen LogP contribution in [0.15, 0.2) is 35.1 Å². The number of alkyl halides is 3. The Kier molecular flexibility index (Phi) is 2.51. The highest BCUT2D eigenvalue weighted by Gasteiger charge is 2.30. The average molecular weight is 230 g/mol. The van der Waals surface area contributed by atoms with Crippen LogP contribution in [0.1, 0.15) is 5.56 Å². The fraction of sp³-hybridized carbons (Fsp3) is 0.111. The van der Waals surface area contributed by atoms with Gasteiger partial charge in [-0.15, -0.1) is 0 Å². The molecule has 4 nitrogen and oxygen atoms in total. The minimum absolute atomic E-state index is 0.0147. The molecule has 0 N–H and O–H groups in total. The van der Waals surface area contributed by atoms with Crippen molar-refractivity contribution in [3.05, 3.63) is 36.2 Å². The molecular formula is C9H5F3N2O2. The molecule has 0 aliphatic heterocycles. The van der Waals surface area contributed by atoms with Crippen LogP contribution in [0.25, 0.3) is 0 Å². The molecule has 16 heavy (non-hydrogen) atoms. The molecule has 0 amide bonds. The predicted octanol–water partition coefficient (Wildman–Crippen LogP) is 2.88. The molecule has 2 aromatic rings. The smallest absolute Gasteiger partial charge is 0.410 e. The van der Waals surface area contributed by atoms with Crippen molar-refractivity contribution in [2.75, 3.05) is 0 Å². The molecule has 0 aliphatic carbocycles. The lowest BCUT2D eigenvalue weighted by Gasteiger charge is -2.07. The summed E-state index contributed by atoms with van der Waals surface area (Å²) in [6, 6.07) is 4.39. The summed E-state index contributed by atoms with van der Waals surface area (Å²) in [5.41, 5.74) is -0.801. The summed E-state index contributed by atoms with van der Waals surface area (Å²) in [6.45, 7) is 0. The molecule has 1 aromatic heterocycles. The molecule has 0 fully saturated rings. The van der Waals surface area contributed by atoms with Crippen molar-refractivity contribution in [3.8, 4) is 11.8 Å². The standard InChI is InChI=1S/C9H5F3N2O2/c10-9(11,12)6-2-1-3-7(4-6)15-8-13-5-14-16-8/h1-5H. The third-order valence-electron chi connectivity index (χ3n) is 1.71. The van der Waals surface area contributed by atoms with Gasteiger partial charge >= 0.3 is 12.3 Å². The van der Waals surface area contributed by atoms with Gasteiger partial charge < -0.3 is 4.74 Å². The molecule has 2 rings (SSSR count). The van der Waals surface area contributed by atoms with Gasteiger partial charge in [-0.05, 0) is 18.2 Å². The van der Waals surface area contributed by atoms with E-state index < -0.39 is 11.7 Å². The maximum atomic E-state index is 12.3. The molecule has 0 bridgehead atoms. The molecule has 0 atom stereocenters. The molecule has 0 spiro atoms. The van der Waals surface area contributed by atoms with Crippen molar-refractivity contribution in [2.45, 2.75) is 6.18 Å². The predicted molar refractivity (Wildman–Crippen MR) is 45.8 cm³/mol. The first kappa shape index (κ1) is 10.5. The van der Waals surface area contributed by atoms with Gasteiger partial charge in [-0.25, -0.2) is 0 Å². The number of ether oxygens (including phenoxy) is 1. The van der Waals surface area contributed by atoms with Gasteiger partial charge in [0.1, 0.15) is 5.75 Å². The normalized spacial score (nSPS) is 11.4. The summed E-state index contributed by atoms with van der Waals surface area (Å²) in [5.74, 6) is -0.0147. The highest BCUT2D eigenvalue weighted by molar-refractivity contribution is 5.31. The molecule has 84 valence electrons. The summed E-state index contributed by atoms with van der Waals surface area (Å²) in [7, 11) is 0. The van der Waals surface area contributed by atoms with Crippen LogP contribution >= 0.6 is 0 Å². The maximum Gasteiger partial charge on any atom is 0.422 e. The summed E-state index contributed by atoms with van der Waals surface area (Å²) in [5, 5.41) is 3.26. The van der Waals surface area contributed by atoms with Crippen LogP contribution < -0.4 is 4.74 Å². The lowest BCUT2D eigenvalue weighted by molar-refractivity contribution is -0.137. The maximum absolute atomic E-state index is 12.3. The van der Waals surface area contributed by atoms with Gasteiger partial charge in [0.25, 0.3) is 0 Å². The van der Waals surface area contributed by atoms with Crippen molar-refractivity contribution in [1.82, 2.24) is 10.1 Å². The van der Waals surface area contributed by atoms with E-state index in [0.717, 1.165) is 18.5 Å². The Morgan fingerprint density at radius 2 is 2.06 bits per heavy atom. The molecule has 7 heteroatoms. The Morgan fingerprint density at radius 3 is 2.69 bits per heavy atom. The van der Waals surface area contributed by atoms with Gasteiger partial charge in [-0.3, -0.25) is 4.52 Å². The fourth-order valence-electron chi connectivity index (χ4n) is 1.04. The second-order valence-electron chi connectivity index (χ2n) is 2.83. The Bertz CT molecular complexity index is 468. The molecule has 0 saturated carbocycles. The first-order valence-electron chi connectivity index (χ1n) is 4.17. The number of hydrogen-bond acceptors (Lipinski definition) is 4. The van der Waals surface area contributed by atoms with Crippen LogP contribution in [0.2, 0.25) is 0 Å². The van der Waals surface area contributed by atoms with E-state index in [0.29, 0.717) is 0 Å². The van der Waals surface area contributed by atoms with Crippen molar-refractivity contribution in [1.29, 1.82) is 0 Å². The van der Waals surface area contributed by atoms with E-state index in [4.69, 9.17) is 4.74 Å².